The molecule has 1 aromatic heterocycles. The van der Waals surface area contributed by atoms with Gasteiger partial charge in [0.25, 0.3) is 5.91 Å². The average molecular weight is 536 g/mol. The molecule has 37 heavy (non-hydrogen) atoms. The molecule has 3 aromatic carbocycles. The van der Waals surface area contributed by atoms with Crippen LogP contribution in [0.2, 0.25) is 10.0 Å². The molecular weight excluding hydrogens is 509 g/mol. The number of halogens is 2. The molecule has 0 radical (unpaired) electrons. The number of ether oxygens (including phenoxy) is 2. The minimum Gasteiger partial charge on any atom is -0.497 e. The van der Waals surface area contributed by atoms with E-state index in [9.17, 15) is 4.79 Å². The number of morpholine rings is 1. The number of carbonyl (C=O) groups excluding carboxylic acids is 1. The molecule has 2 atom stereocenters. The number of carbonyl (C=O) groups is 1. The number of nitrogens with zero attached hydrogens (tertiary/aromatic N) is 3. The molecule has 0 unspecified atom stereocenters. The Hall–Kier alpha value is -3.32. The summed E-state index contributed by atoms with van der Waals surface area (Å²) in [6, 6.07) is 21.4. The number of amides is 1. The van der Waals surface area contributed by atoms with Gasteiger partial charge in [0.2, 0.25) is 0 Å². The quantitative estimate of drug-likeness (QED) is 0.282. The fourth-order valence-electron chi connectivity index (χ4n) is 4.54. The molecule has 1 amide bonds. The molecule has 0 saturated carbocycles. The molecule has 8 heteroatoms. The van der Waals surface area contributed by atoms with E-state index < -0.39 is 6.10 Å². The summed E-state index contributed by atoms with van der Waals surface area (Å²) >= 11 is 12.3. The van der Waals surface area contributed by atoms with Crippen molar-refractivity contribution >= 4 is 29.1 Å². The summed E-state index contributed by atoms with van der Waals surface area (Å²) in [5.74, 6) is 0.770. The zero-order chi connectivity index (χ0) is 25.9. The highest BCUT2D eigenvalue weighted by molar-refractivity contribution is 6.42. The predicted molar refractivity (Wildman–Crippen MR) is 145 cm³/mol. The number of methoxy groups -OCH3 is 1. The van der Waals surface area contributed by atoms with Crippen LogP contribution in [0.15, 0.2) is 79.3 Å². The van der Waals surface area contributed by atoms with Gasteiger partial charge in [0, 0.05) is 31.4 Å². The highest BCUT2D eigenvalue weighted by Crippen LogP contribution is 2.29. The Balaban J connectivity index is 1.29. The van der Waals surface area contributed by atoms with E-state index in [1.54, 1.807) is 19.5 Å². The number of benzene rings is 3. The smallest absolute Gasteiger partial charge is 0.252 e. The summed E-state index contributed by atoms with van der Waals surface area (Å²) in [6.45, 7) is 3.08. The fourth-order valence-corrected chi connectivity index (χ4v) is 4.83. The van der Waals surface area contributed by atoms with E-state index in [0.29, 0.717) is 29.6 Å². The number of hydrogen-bond acceptors (Lipinski definition) is 4. The second-order valence-electron chi connectivity index (χ2n) is 9.16. The van der Waals surface area contributed by atoms with Crippen molar-refractivity contribution in [1.29, 1.82) is 0 Å². The SMILES string of the molecule is COc1ccc(CN2C[C@@H](C)O[C@@H](Cc3cn(-c4cccc(-c5ccc(Cl)c(Cl)c5)c4)cn3)C2=O)cc1. The van der Waals surface area contributed by atoms with Gasteiger partial charge in [-0.2, -0.15) is 0 Å². The van der Waals surface area contributed by atoms with Crippen LogP contribution in [0.3, 0.4) is 0 Å². The van der Waals surface area contributed by atoms with Crippen LogP contribution in [-0.2, 0) is 22.5 Å². The van der Waals surface area contributed by atoms with Gasteiger partial charge in [-0.05, 0) is 60.0 Å². The summed E-state index contributed by atoms with van der Waals surface area (Å²) in [5.41, 5.74) is 4.78. The van der Waals surface area contributed by atoms with E-state index in [1.807, 2.05) is 77.2 Å². The van der Waals surface area contributed by atoms with Gasteiger partial charge < -0.3 is 18.9 Å². The third kappa shape index (κ3) is 5.82. The minimum atomic E-state index is -0.576. The van der Waals surface area contributed by atoms with Crippen LogP contribution < -0.4 is 4.74 Å². The van der Waals surface area contributed by atoms with Crippen LogP contribution >= 0.6 is 23.2 Å². The van der Waals surface area contributed by atoms with E-state index in [-0.39, 0.29) is 12.0 Å². The normalized spacial score (nSPS) is 17.7. The Morgan fingerprint density at radius 2 is 1.81 bits per heavy atom. The van der Waals surface area contributed by atoms with Gasteiger partial charge in [0.1, 0.15) is 11.9 Å². The summed E-state index contributed by atoms with van der Waals surface area (Å²) in [4.78, 5) is 19.7. The Labute approximate surface area is 226 Å². The van der Waals surface area contributed by atoms with Gasteiger partial charge in [0.15, 0.2) is 0 Å². The third-order valence-corrected chi connectivity index (χ3v) is 7.16. The van der Waals surface area contributed by atoms with Gasteiger partial charge in [-0.25, -0.2) is 4.98 Å². The third-order valence-electron chi connectivity index (χ3n) is 6.42. The molecule has 2 heterocycles. The summed E-state index contributed by atoms with van der Waals surface area (Å²) < 4.78 is 13.2. The lowest BCUT2D eigenvalue weighted by Crippen LogP contribution is -2.51. The molecule has 1 aliphatic rings. The van der Waals surface area contributed by atoms with Crippen molar-refractivity contribution in [1.82, 2.24) is 14.5 Å². The van der Waals surface area contributed by atoms with Gasteiger partial charge >= 0.3 is 0 Å². The summed E-state index contributed by atoms with van der Waals surface area (Å²) in [5, 5.41) is 1.04. The van der Waals surface area contributed by atoms with Crippen molar-refractivity contribution < 1.29 is 14.3 Å². The van der Waals surface area contributed by atoms with Crippen LogP contribution in [0, 0.1) is 0 Å². The maximum absolute atomic E-state index is 13.3. The maximum atomic E-state index is 13.3. The molecule has 0 spiro atoms. The molecular formula is C29H27Cl2N3O3. The second-order valence-corrected chi connectivity index (χ2v) is 9.97. The van der Waals surface area contributed by atoms with E-state index in [4.69, 9.17) is 32.7 Å². The molecule has 1 aliphatic heterocycles. The molecule has 4 aromatic rings. The van der Waals surface area contributed by atoms with Crippen LogP contribution in [-0.4, -0.2) is 46.2 Å². The minimum absolute atomic E-state index is 0.0231. The van der Waals surface area contributed by atoms with Gasteiger partial charge in [-0.1, -0.05) is 53.5 Å². The maximum Gasteiger partial charge on any atom is 0.252 e. The first-order valence-corrected chi connectivity index (χ1v) is 12.8. The first kappa shape index (κ1) is 25.3. The first-order valence-electron chi connectivity index (χ1n) is 12.1. The standard InChI is InChI=1S/C29H27Cl2N3O3/c1-19-15-33(16-20-6-9-25(36-2)10-7-20)29(35)28(37-19)14-23-17-34(18-32-23)24-5-3-4-21(12-24)22-8-11-26(30)27(31)13-22/h3-13,17-19,28H,14-16H2,1-2H3/t19-,28+/m1/s1. The van der Waals surface area contributed by atoms with Gasteiger partial charge in [0.05, 0.1) is 35.3 Å². The lowest BCUT2D eigenvalue weighted by atomic mass is 10.1. The molecule has 0 N–H and O–H groups in total. The summed E-state index contributed by atoms with van der Waals surface area (Å²) in [7, 11) is 1.64. The monoisotopic (exact) mass is 535 g/mol. The lowest BCUT2D eigenvalue weighted by Gasteiger charge is -2.36. The molecule has 0 bridgehead atoms. The van der Waals surface area contributed by atoms with E-state index >= 15 is 0 Å². The molecule has 190 valence electrons. The van der Waals surface area contributed by atoms with Gasteiger partial charge in [-0.3, -0.25) is 4.79 Å². The molecule has 1 fully saturated rings. The molecule has 6 nitrogen and oxygen atoms in total. The Morgan fingerprint density at radius 1 is 1.03 bits per heavy atom. The molecule has 0 aliphatic carbocycles. The van der Waals surface area contributed by atoms with Crippen LogP contribution in [0.5, 0.6) is 5.75 Å². The number of imidazole rings is 1. The van der Waals surface area contributed by atoms with E-state index in [2.05, 4.69) is 11.1 Å². The Bertz CT molecular complexity index is 1400. The van der Waals surface area contributed by atoms with Crippen LogP contribution in [0.25, 0.3) is 16.8 Å². The van der Waals surface area contributed by atoms with Crippen molar-refractivity contribution in [2.24, 2.45) is 0 Å². The topological polar surface area (TPSA) is 56.6 Å². The Kier molecular flexibility index (Phi) is 7.51. The van der Waals surface area contributed by atoms with Crippen molar-refractivity contribution in [3.05, 3.63) is 101 Å². The predicted octanol–water partition coefficient (Wildman–Crippen LogP) is 6.21. The van der Waals surface area contributed by atoms with Crippen LogP contribution in [0.4, 0.5) is 0 Å². The van der Waals surface area contributed by atoms with Crippen LogP contribution in [0.1, 0.15) is 18.2 Å². The largest absolute Gasteiger partial charge is 0.497 e. The highest BCUT2D eigenvalue weighted by Gasteiger charge is 2.33. The van der Waals surface area contributed by atoms with Crippen molar-refractivity contribution in [3.8, 4) is 22.6 Å². The zero-order valence-corrected chi connectivity index (χ0v) is 22.1. The fraction of sp³-hybridized carbons (Fsp3) is 0.241. The highest BCUT2D eigenvalue weighted by atomic mass is 35.5. The average Bonchev–Trinajstić information content (AvgIpc) is 3.37. The zero-order valence-electron chi connectivity index (χ0n) is 20.6. The second kappa shape index (κ2) is 11.0. The molecule has 5 rings (SSSR count). The number of hydrogen-bond donors (Lipinski definition) is 0. The van der Waals surface area contributed by atoms with E-state index in [1.165, 1.54) is 0 Å². The Morgan fingerprint density at radius 3 is 2.57 bits per heavy atom. The van der Waals surface area contributed by atoms with Crippen molar-refractivity contribution in [3.63, 3.8) is 0 Å². The van der Waals surface area contributed by atoms with Crippen molar-refractivity contribution in [2.75, 3.05) is 13.7 Å². The van der Waals surface area contributed by atoms with Gasteiger partial charge in [-0.15, -0.1) is 0 Å². The summed E-state index contributed by atoms with van der Waals surface area (Å²) in [6.07, 6.45) is 3.47. The first-order chi connectivity index (χ1) is 17.9. The van der Waals surface area contributed by atoms with E-state index in [0.717, 1.165) is 33.8 Å². The number of rotatable bonds is 7. The molecule has 1 saturated heterocycles. The lowest BCUT2D eigenvalue weighted by molar-refractivity contribution is -0.161. The number of aromatic nitrogens is 2. The van der Waals surface area contributed by atoms with Crippen molar-refractivity contribution in [2.45, 2.75) is 32.1 Å².